The van der Waals surface area contributed by atoms with Crippen LogP contribution in [0, 0.1) is 0 Å². The molecule has 0 aliphatic carbocycles. The van der Waals surface area contributed by atoms with Crippen LogP contribution < -0.4 is 9.47 Å². The fourth-order valence-corrected chi connectivity index (χ4v) is 4.15. The molecule has 1 rings (SSSR count). The molecule has 0 spiro atoms. The van der Waals surface area contributed by atoms with Gasteiger partial charge in [-0.3, -0.25) is 0 Å². The molecular formula is C24H46N2O4+2. The Morgan fingerprint density at radius 1 is 0.667 bits per heavy atom. The number of rotatable bonds is 16. The van der Waals surface area contributed by atoms with Crippen LogP contribution in [0.4, 0.5) is 0 Å². The van der Waals surface area contributed by atoms with Crippen LogP contribution >= 0.6 is 0 Å². The average Bonchev–Trinajstić information content (AvgIpc) is 2.79. The smallest absolute Gasteiger partial charge is 0.137 e. The lowest BCUT2D eigenvalue weighted by atomic mass is 10.2. The zero-order valence-corrected chi connectivity index (χ0v) is 20.1. The topological polar surface area (TPSA) is 58.9 Å². The van der Waals surface area contributed by atoms with E-state index in [1.54, 1.807) is 0 Å². The van der Waals surface area contributed by atoms with Gasteiger partial charge in [0.2, 0.25) is 0 Å². The highest BCUT2D eigenvalue weighted by Gasteiger charge is 2.26. The molecule has 0 bridgehead atoms. The second kappa shape index (κ2) is 13.2. The van der Waals surface area contributed by atoms with Crippen LogP contribution in [-0.2, 0) is 0 Å². The Morgan fingerprint density at radius 2 is 1.00 bits per heavy atom. The number of likely N-dealkylation sites (N-methyl/N-ethyl adjacent to an activating group) is 2. The molecule has 30 heavy (non-hydrogen) atoms. The molecule has 0 fully saturated rings. The van der Waals surface area contributed by atoms with Crippen molar-refractivity contribution in [1.82, 2.24) is 0 Å². The lowest BCUT2D eigenvalue weighted by molar-refractivity contribution is -0.926. The molecule has 174 valence electrons. The number of quaternary nitrogens is 2. The monoisotopic (exact) mass is 426 g/mol. The first-order valence-corrected chi connectivity index (χ1v) is 11.7. The van der Waals surface area contributed by atoms with Crippen LogP contribution in [0.25, 0.3) is 0 Å². The van der Waals surface area contributed by atoms with Crippen molar-refractivity contribution in [2.75, 3.05) is 65.6 Å². The molecule has 2 N–H and O–H groups in total. The Kier molecular flexibility index (Phi) is 11.7. The fourth-order valence-electron chi connectivity index (χ4n) is 4.15. The summed E-state index contributed by atoms with van der Waals surface area (Å²) in [6, 6.07) is 7.43. The summed E-state index contributed by atoms with van der Waals surface area (Å²) >= 11 is 0. The molecule has 0 saturated carbocycles. The van der Waals surface area contributed by atoms with E-state index in [1.165, 1.54) is 0 Å². The zero-order chi connectivity index (χ0) is 22.6. The maximum atomic E-state index is 10.5. The van der Waals surface area contributed by atoms with Crippen molar-refractivity contribution in [3.8, 4) is 11.5 Å². The first-order valence-electron chi connectivity index (χ1n) is 11.7. The molecule has 0 heterocycles. The average molecular weight is 427 g/mol. The summed E-state index contributed by atoms with van der Waals surface area (Å²) in [7, 11) is 0. The van der Waals surface area contributed by atoms with Crippen molar-refractivity contribution in [1.29, 1.82) is 0 Å². The van der Waals surface area contributed by atoms with Gasteiger partial charge in [-0.1, -0.05) is 6.07 Å². The summed E-state index contributed by atoms with van der Waals surface area (Å²) in [4.78, 5) is 0. The van der Waals surface area contributed by atoms with E-state index in [0.29, 0.717) is 24.6 Å². The standard InChI is InChI=1S/C24H46N2O4/c1-7-25(8-2,9-3)17-21(27)19-29-23-14-13-15-24(16-23)30-20-22(28)18-26(10-4,11-5)12-6/h13-16,21-22,27-28H,7-12,17-20H2,1-6H3/q+2. The van der Waals surface area contributed by atoms with Crippen LogP contribution in [0.15, 0.2) is 24.3 Å². The van der Waals surface area contributed by atoms with Crippen LogP contribution in [0.1, 0.15) is 41.5 Å². The summed E-state index contributed by atoms with van der Waals surface area (Å²) < 4.78 is 13.4. The first kappa shape index (κ1) is 26.7. The summed E-state index contributed by atoms with van der Waals surface area (Å²) in [5, 5.41) is 20.9. The second-order valence-electron chi connectivity index (χ2n) is 8.35. The van der Waals surface area contributed by atoms with Gasteiger partial charge in [0.25, 0.3) is 0 Å². The van der Waals surface area contributed by atoms with Gasteiger partial charge < -0.3 is 28.7 Å². The molecule has 2 atom stereocenters. The van der Waals surface area contributed by atoms with Gasteiger partial charge in [-0.05, 0) is 53.7 Å². The third-order valence-electron chi connectivity index (χ3n) is 6.91. The molecule has 1 aromatic carbocycles. The Hall–Kier alpha value is -1.34. The molecule has 1 aromatic rings. The number of nitrogens with zero attached hydrogens (tertiary/aromatic N) is 2. The van der Waals surface area contributed by atoms with Crippen LogP contribution in [0.5, 0.6) is 11.5 Å². The maximum Gasteiger partial charge on any atom is 0.137 e. The quantitative estimate of drug-likeness (QED) is 0.399. The minimum atomic E-state index is -0.515. The van der Waals surface area contributed by atoms with Crippen LogP contribution in [0.3, 0.4) is 0 Å². The maximum absolute atomic E-state index is 10.5. The van der Waals surface area contributed by atoms with Crippen molar-refractivity contribution < 1.29 is 28.7 Å². The van der Waals surface area contributed by atoms with Crippen molar-refractivity contribution in [2.45, 2.75) is 53.8 Å². The molecule has 0 saturated heterocycles. The Balaban J connectivity index is 2.57. The van der Waals surface area contributed by atoms with Gasteiger partial charge in [-0.15, -0.1) is 0 Å². The van der Waals surface area contributed by atoms with E-state index in [0.717, 1.165) is 48.2 Å². The Bertz CT molecular complexity index is 525. The van der Waals surface area contributed by atoms with Crippen molar-refractivity contribution in [3.63, 3.8) is 0 Å². The van der Waals surface area contributed by atoms with Gasteiger partial charge in [0.1, 0.15) is 50.0 Å². The minimum Gasteiger partial charge on any atom is -0.491 e. The number of ether oxygens (including phenoxy) is 2. The number of hydrogen-bond acceptors (Lipinski definition) is 4. The number of hydrogen-bond donors (Lipinski definition) is 2. The van der Waals surface area contributed by atoms with E-state index >= 15 is 0 Å². The fraction of sp³-hybridized carbons (Fsp3) is 0.750. The molecule has 6 nitrogen and oxygen atoms in total. The van der Waals surface area contributed by atoms with E-state index in [1.807, 2.05) is 24.3 Å². The lowest BCUT2D eigenvalue weighted by Crippen LogP contribution is -2.52. The predicted octanol–water partition coefficient (Wildman–Crippen LogP) is 2.92. The third kappa shape index (κ3) is 8.06. The van der Waals surface area contributed by atoms with E-state index < -0.39 is 12.2 Å². The molecule has 2 unspecified atom stereocenters. The SMILES string of the molecule is CC[N+](CC)(CC)CC(O)COc1cccc(OCC(O)C[N+](CC)(CC)CC)c1. The summed E-state index contributed by atoms with van der Waals surface area (Å²) in [5.41, 5.74) is 0. The van der Waals surface area contributed by atoms with Gasteiger partial charge in [-0.25, -0.2) is 0 Å². The molecule has 0 aromatic heterocycles. The number of benzene rings is 1. The molecular weight excluding hydrogens is 380 g/mol. The van der Waals surface area contributed by atoms with Gasteiger partial charge in [-0.2, -0.15) is 0 Å². The van der Waals surface area contributed by atoms with Gasteiger partial charge in [0.15, 0.2) is 0 Å². The highest BCUT2D eigenvalue weighted by Crippen LogP contribution is 2.20. The summed E-state index contributed by atoms with van der Waals surface area (Å²) in [6.07, 6.45) is -1.03. The first-order chi connectivity index (χ1) is 14.3. The summed E-state index contributed by atoms with van der Waals surface area (Å²) in [6.45, 7) is 20.9. The van der Waals surface area contributed by atoms with Gasteiger partial charge >= 0.3 is 0 Å². The second-order valence-corrected chi connectivity index (χ2v) is 8.35. The van der Waals surface area contributed by atoms with Crippen molar-refractivity contribution >= 4 is 0 Å². The number of aliphatic hydroxyl groups excluding tert-OH is 2. The largest absolute Gasteiger partial charge is 0.491 e. The van der Waals surface area contributed by atoms with E-state index in [2.05, 4.69) is 41.5 Å². The van der Waals surface area contributed by atoms with E-state index in [4.69, 9.17) is 9.47 Å². The molecule has 0 radical (unpaired) electrons. The Morgan fingerprint density at radius 3 is 1.30 bits per heavy atom. The van der Waals surface area contributed by atoms with Gasteiger partial charge in [0.05, 0.1) is 39.3 Å². The molecule has 6 heteroatoms. The highest BCUT2D eigenvalue weighted by atomic mass is 16.5. The Labute approximate surface area is 184 Å². The van der Waals surface area contributed by atoms with Crippen LogP contribution in [0.2, 0.25) is 0 Å². The molecule has 0 aliphatic rings. The minimum absolute atomic E-state index is 0.260. The third-order valence-corrected chi connectivity index (χ3v) is 6.91. The molecule has 0 amide bonds. The lowest BCUT2D eigenvalue weighted by Gasteiger charge is -2.37. The van der Waals surface area contributed by atoms with Crippen LogP contribution in [-0.4, -0.2) is 97.0 Å². The predicted molar refractivity (Wildman–Crippen MR) is 123 cm³/mol. The van der Waals surface area contributed by atoms with E-state index in [9.17, 15) is 10.2 Å². The van der Waals surface area contributed by atoms with Gasteiger partial charge in [0, 0.05) is 6.07 Å². The normalized spacial score (nSPS) is 14.4. The summed E-state index contributed by atoms with van der Waals surface area (Å²) in [5.74, 6) is 1.34. The van der Waals surface area contributed by atoms with E-state index in [-0.39, 0.29) is 13.2 Å². The molecule has 0 aliphatic heterocycles. The van der Waals surface area contributed by atoms with Crippen molar-refractivity contribution in [2.24, 2.45) is 0 Å². The highest BCUT2D eigenvalue weighted by molar-refractivity contribution is 5.32. The number of aliphatic hydroxyl groups is 2. The van der Waals surface area contributed by atoms with Crippen molar-refractivity contribution in [3.05, 3.63) is 24.3 Å². The zero-order valence-electron chi connectivity index (χ0n) is 20.1.